The van der Waals surface area contributed by atoms with Crippen LogP contribution in [0.15, 0.2) is 0 Å². The number of carbonyl (C=O) groups is 2. The number of nitrogens with two attached hydrogens (primary N) is 1. The lowest BCUT2D eigenvalue weighted by atomic mass is 9.80. The molecule has 4 aliphatic rings. The van der Waals surface area contributed by atoms with Crippen molar-refractivity contribution in [3.63, 3.8) is 0 Å². The van der Waals surface area contributed by atoms with Gasteiger partial charge in [-0.3, -0.25) is 41.1 Å². The molecule has 0 radical (unpaired) electrons. The molecule has 1 aliphatic carbocycles. The summed E-state index contributed by atoms with van der Waals surface area (Å²) >= 11 is 0. The first-order chi connectivity index (χ1) is 16.8. The average Bonchev–Trinajstić information content (AvgIpc) is 2.84. The SMILES string of the molecule is COC1C(NC2NC(N3CCN(C(C)=O)CC3C)NCC2C(N)=O)CCCC1C1NCC(F)CN1. The molecule has 4 rings (SSSR count). The minimum Gasteiger partial charge on any atom is -0.379 e. The third-order valence-electron chi connectivity index (χ3n) is 8.18. The summed E-state index contributed by atoms with van der Waals surface area (Å²) in [5, 5.41) is 17.3. The highest BCUT2D eigenvalue weighted by molar-refractivity contribution is 5.77. The van der Waals surface area contributed by atoms with E-state index < -0.39 is 12.1 Å². The number of alkyl halides is 1. The van der Waals surface area contributed by atoms with Crippen LogP contribution in [0.4, 0.5) is 4.39 Å². The van der Waals surface area contributed by atoms with Crippen molar-refractivity contribution in [2.24, 2.45) is 17.6 Å². The smallest absolute Gasteiger partial charge is 0.224 e. The summed E-state index contributed by atoms with van der Waals surface area (Å²) in [5.74, 6) is -0.503. The molecule has 0 bridgehead atoms. The van der Waals surface area contributed by atoms with E-state index in [4.69, 9.17) is 10.5 Å². The van der Waals surface area contributed by atoms with E-state index in [1.54, 1.807) is 14.0 Å². The summed E-state index contributed by atoms with van der Waals surface area (Å²) in [4.78, 5) is 28.3. The second-order valence-corrected chi connectivity index (χ2v) is 10.5. The second-order valence-electron chi connectivity index (χ2n) is 10.5. The van der Waals surface area contributed by atoms with Crippen LogP contribution in [0, 0.1) is 11.8 Å². The fraction of sp³-hybridized carbons (Fsp3) is 0.913. The second kappa shape index (κ2) is 11.8. The van der Waals surface area contributed by atoms with Crippen LogP contribution in [0.2, 0.25) is 0 Å². The molecule has 200 valence electrons. The van der Waals surface area contributed by atoms with Gasteiger partial charge in [-0.1, -0.05) is 6.42 Å². The number of halogens is 1. The number of ether oxygens (including phenoxy) is 1. The highest BCUT2D eigenvalue weighted by atomic mass is 19.1. The molecule has 1 saturated carbocycles. The number of primary amides is 1. The Morgan fingerprint density at radius 2 is 1.86 bits per heavy atom. The third kappa shape index (κ3) is 6.12. The molecule has 0 aromatic carbocycles. The van der Waals surface area contributed by atoms with E-state index in [1.807, 2.05) is 4.90 Å². The first-order valence-corrected chi connectivity index (χ1v) is 13.0. The van der Waals surface area contributed by atoms with Gasteiger partial charge in [0.15, 0.2) is 0 Å². The summed E-state index contributed by atoms with van der Waals surface area (Å²) in [6, 6.07) is 0.188. The number of nitrogens with zero attached hydrogens (tertiary/aromatic N) is 2. The van der Waals surface area contributed by atoms with Gasteiger partial charge in [0.05, 0.1) is 24.4 Å². The molecule has 7 unspecified atom stereocenters. The number of hydrogen-bond donors (Lipinski definition) is 6. The predicted molar refractivity (Wildman–Crippen MR) is 130 cm³/mol. The Morgan fingerprint density at radius 3 is 2.49 bits per heavy atom. The number of piperazine rings is 1. The highest BCUT2D eigenvalue weighted by Gasteiger charge is 2.43. The van der Waals surface area contributed by atoms with E-state index in [0.29, 0.717) is 32.7 Å². The molecule has 7 atom stereocenters. The van der Waals surface area contributed by atoms with Crippen LogP contribution in [0.5, 0.6) is 0 Å². The lowest BCUT2D eigenvalue weighted by Crippen LogP contribution is -2.74. The van der Waals surface area contributed by atoms with E-state index in [2.05, 4.69) is 38.4 Å². The highest BCUT2D eigenvalue weighted by Crippen LogP contribution is 2.30. The van der Waals surface area contributed by atoms with Gasteiger partial charge in [-0.15, -0.1) is 0 Å². The molecule has 4 fully saturated rings. The lowest BCUT2D eigenvalue weighted by molar-refractivity contribution is -0.134. The summed E-state index contributed by atoms with van der Waals surface area (Å²) in [6.07, 6.45) is 1.48. The molecule has 0 spiro atoms. The predicted octanol–water partition coefficient (Wildman–Crippen LogP) is -1.93. The van der Waals surface area contributed by atoms with Crippen molar-refractivity contribution < 1.29 is 18.7 Å². The van der Waals surface area contributed by atoms with Crippen molar-refractivity contribution in [2.45, 2.75) is 76.1 Å². The van der Waals surface area contributed by atoms with Gasteiger partial charge in [-0.05, 0) is 19.8 Å². The summed E-state index contributed by atoms with van der Waals surface area (Å²) in [7, 11) is 1.72. The Morgan fingerprint density at radius 1 is 1.11 bits per heavy atom. The molecular weight excluding hydrogens is 455 g/mol. The Hall–Kier alpha value is -1.41. The summed E-state index contributed by atoms with van der Waals surface area (Å²) < 4.78 is 19.6. The maximum atomic E-state index is 13.6. The molecule has 0 aromatic rings. The van der Waals surface area contributed by atoms with Gasteiger partial charge in [-0.25, -0.2) is 4.39 Å². The normalized spacial score (nSPS) is 41.5. The Kier molecular flexibility index (Phi) is 8.95. The standard InChI is InChI=1S/C23H43FN8O3/c1-13-12-31(14(2)33)7-8-32(13)23-28-11-17(20(25)34)22(30-23)29-18-6-4-5-16(19(18)35-3)21-26-9-15(24)10-27-21/h13,15-19,21-23,26-30H,4-12H2,1-3H3,(H2,25,34). The van der Waals surface area contributed by atoms with Crippen LogP contribution in [0.3, 0.4) is 0 Å². The fourth-order valence-corrected chi connectivity index (χ4v) is 6.25. The fourth-order valence-electron chi connectivity index (χ4n) is 6.25. The van der Waals surface area contributed by atoms with Crippen molar-refractivity contribution in [3.8, 4) is 0 Å². The lowest BCUT2D eigenvalue weighted by Gasteiger charge is -2.50. The molecule has 7 N–H and O–H groups in total. The molecule has 2 amide bonds. The van der Waals surface area contributed by atoms with E-state index >= 15 is 0 Å². The number of carbonyl (C=O) groups excluding carboxylic acids is 2. The van der Waals surface area contributed by atoms with E-state index in [0.717, 1.165) is 25.8 Å². The molecule has 11 nitrogen and oxygen atoms in total. The minimum absolute atomic E-state index is 0.00404. The quantitative estimate of drug-likeness (QED) is 0.248. The maximum absolute atomic E-state index is 13.6. The number of hydrogen-bond acceptors (Lipinski definition) is 9. The summed E-state index contributed by atoms with van der Waals surface area (Å²) in [6.45, 7) is 6.95. The Labute approximate surface area is 207 Å². The van der Waals surface area contributed by atoms with Crippen molar-refractivity contribution in [3.05, 3.63) is 0 Å². The monoisotopic (exact) mass is 498 g/mol. The average molecular weight is 499 g/mol. The van der Waals surface area contributed by atoms with Crippen molar-refractivity contribution in [1.29, 1.82) is 0 Å². The Balaban J connectivity index is 1.43. The molecule has 0 aromatic heterocycles. The zero-order valence-electron chi connectivity index (χ0n) is 21.1. The van der Waals surface area contributed by atoms with Gasteiger partial charge >= 0.3 is 0 Å². The number of methoxy groups -OCH3 is 1. The van der Waals surface area contributed by atoms with Crippen LogP contribution in [0.1, 0.15) is 33.1 Å². The van der Waals surface area contributed by atoms with Crippen molar-refractivity contribution in [1.82, 2.24) is 36.4 Å². The van der Waals surface area contributed by atoms with Gasteiger partial charge in [-0.2, -0.15) is 0 Å². The van der Waals surface area contributed by atoms with Crippen molar-refractivity contribution >= 4 is 11.8 Å². The Bertz CT molecular complexity index is 740. The minimum atomic E-state index is -0.878. The maximum Gasteiger partial charge on any atom is 0.224 e. The molecular formula is C23H43FN8O3. The third-order valence-corrected chi connectivity index (χ3v) is 8.18. The van der Waals surface area contributed by atoms with Crippen molar-refractivity contribution in [2.75, 3.05) is 46.4 Å². The molecule has 3 saturated heterocycles. The molecule has 12 heteroatoms. The zero-order chi connectivity index (χ0) is 25.1. The van der Waals surface area contributed by atoms with E-state index in [-0.39, 0.29) is 54.5 Å². The van der Waals surface area contributed by atoms with Crippen LogP contribution in [0.25, 0.3) is 0 Å². The summed E-state index contributed by atoms with van der Waals surface area (Å²) in [5.41, 5.74) is 5.79. The van der Waals surface area contributed by atoms with Crippen LogP contribution >= 0.6 is 0 Å². The first-order valence-electron chi connectivity index (χ1n) is 13.0. The van der Waals surface area contributed by atoms with Gasteiger partial charge < -0.3 is 15.4 Å². The largest absolute Gasteiger partial charge is 0.379 e. The molecule has 3 aliphatic heterocycles. The van der Waals surface area contributed by atoms with Gasteiger partial charge in [0.2, 0.25) is 11.8 Å². The van der Waals surface area contributed by atoms with Gasteiger partial charge in [0.25, 0.3) is 0 Å². The molecule has 35 heavy (non-hydrogen) atoms. The van der Waals surface area contributed by atoms with E-state index in [9.17, 15) is 14.0 Å². The molecule has 3 heterocycles. The zero-order valence-corrected chi connectivity index (χ0v) is 21.1. The van der Waals surface area contributed by atoms with Crippen LogP contribution in [-0.2, 0) is 14.3 Å². The first kappa shape index (κ1) is 26.6. The van der Waals surface area contributed by atoms with E-state index in [1.165, 1.54) is 0 Å². The number of rotatable bonds is 6. The van der Waals surface area contributed by atoms with Crippen LogP contribution in [-0.4, -0.2) is 111 Å². The topological polar surface area (TPSA) is 136 Å². The number of nitrogens with one attached hydrogen (secondary N) is 5. The van der Waals surface area contributed by atoms with Gasteiger partial charge in [0, 0.05) is 71.3 Å². The number of amides is 2. The van der Waals surface area contributed by atoms with Crippen LogP contribution < -0.4 is 32.3 Å². The van der Waals surface area contributed by atoms with Gasteiger partial charge in [0.1, 0.15) is 12.5 Å².